The Bertz CT molecular complexity index is 1930. The Morgan fingerprint density at radius 3 is 2.40 bits per heavy atom. The summed E-state index contributed by atoms with van der Waals surface area (Å²) in [6, 6.07) is 22.1. The maximum absolute atomic E-state index is 13.3. The summed E-state index contributed by atoms with van der Waals surface area (Å²) in [5, 5.41) is 5.07. The van der Waals surface area contributed by atoms with E-state index in [4.69, 9.17) is 11.6 Å². The summed E-state index contributed by atoms with van der Waals surface area (Å²) in [6.07, 6.45) is 6.53. The fraction of sp³-hybridized carbons (Fsp3) is 0.0345. The van der Waals surface area contributed by atoms with Crippen LogP contribution in [0.15, 0.2) is 109 Å². The molecule has 11 heteroatoms. The number of aromatic nitrogens is 5. The molecule has 1 N–H and O–H groups in total. The van der Waals surface area contributed by atoms with E-state index in [9.17, 15) is 12.8 Å². The predicted molar refractivity (Wildman–Crippen MR) is 152 cm³/mol. The minimum Gasteiger partial charge on any atom is -0.276 e. The fourth-order valence-corrected chi connectivity index (χ4v) is 5.63. The summed E-state index contributed by atoms with van der Waals surface area (Å²) >= 11 is 6.24. The lowest BCUT2D eigenvalue weighted by Crippen LogP contribution is -2.13. The van der Waals surface area contributed by atoms with Crippen molar-refractivity contribution >= 4 is 38.2 Å². The van der Waals surface area contributed by atoms with Gasteiger partial charge in [-0.15, -0.1) is 0 Å². The molecule has 0 saturated heterocycles. The van der Waals surface area contributed by atoms with Gasteiger partial charge in [0.1, 0.15) is 18.5 Å². The first-order valence-electron chi connectivity index (χ1n) is 12.1. The van der Waals surface area contributed by atoms with Gasteiger partial charge in [-0.1, -0.05) is 41.9 Å². The van der Waals surface area contributed by atoms with Gasteiger partial charge in [-0.25, -0.2) is 27.5 Å². The molecule has 0 unspecified atom stereocenters. The number of anilines is 1. The predicted octanol–water partition coefficient (Wildman–Crippen LogP) is 6.20. The highest BCUT2D eigenvalue weighted by molar-refractivity contribution is 7.92. The number of pyridine rings is 2. The molecule has 40 heavy (non-hydrogen) atoms. The van der Waals surface area contributed by atoms with Gasteiger partial charge in [0.25, 0.3) is 10.0 Å². The molecule has 0 aliphatic carbocycles. The van der Waals surface area contributed by atoms with Crippen LogP contribution in [0.3, 0.4) is 0 Å². The zero-order valence-corrected chi connectivity index (χ0v) is 22.3. The fourth-order valence-electron chi connectivity index (χ4n) is 4.36. The van der Waals surface area contributed by atoms with Crippen molar-refractivity contribution in [2.24, 2.45) is 0 Å². The minimum absolute atomic E-state index is 0.0106. The van der Waals surface area contributed by atoms with Crippen molar-refractivity contribution in [3.8, 4) is 22.3 Å². The average molecular weight is 571 g/mol. The summed E-state index contributed by atoms with van der Waals surface area (Å²) in [6.45, 7) is 0.623. The molecule has 0 radical (unpaired) electrons. The van der Waals surface area contributed by atoms with E-state index in [1.807, 2.05) is 24.3 Å². The zero-order valence-electron chi connectivity index (χ0n) is 20.7. The number of sulfonamides is 1. The maximum Gasteiger partial charge on any atom is 0.261 e. The topological polar surface area (TPSA) is 103 Å². The van der Waals surface area contributed by atoms with Crippen LogP contribution < -0.4 is 4.72 Å². The van der Waals surface area contributed by atoms with Crippen molar-refractivity contribution in [3.63, 3.8) is 0 Å². The second kappa shape index (κ2) is 10.5. The Balaban J connectivity index is 1.33. The van der Waals surface area contributed by atoms with Crippen LogP contribution in [0.1, 0.15) is 5.56 Å². The number of fused-ring (bicyclic) bond motifs is 1. The SMILES string of the molecule is O=S(=O)(Nc1cc(-c2ccc3nccc(-c4ccc(Cn5cncn5)cc4)c3c2)cnc1Cl)c1ccc(F)cc1. The van der Waals surface area contributed by atoms with Crippen LogP contribution in [-0.2, 0) is 16.6 Å². The van der Waals surface area contributed by atoms with Crippen molar-refractivity contribution in [2.75, 3.05) is 4.72 Å². The number of nitrogens with zero attached hydrogens (tertiary/aromatic N) is 5. The first kappa shape index (κ1) is 25.6. The quantitative estimate of drug-likeness (QED) is 0.229. The second-order valence-corrected chi connectivity index (χ2v) is 11.0. The van der Waals surface area contributed by atoms with Gasteiger partial charge in [0.15, 0.2) is 5.15 Å². The molecule has 0 saturated carbocycles. The normalized spacial score (nSPS) is 11.6. The number of benzene rings is 3. The molecule has 0 amide bonds. The van der Waals surface area contributed by atoms with Gasteiger partial charge >= 0.3 is 0 Å². The van der Waals surface area contributed by atoms with Gasteiger partial charge < -0.3 is 0 Å². The van der Waals surface area contributed by atoms with Crippen molar-refractivity contribution < 1.29 is 12.8 Å². The molecule has 3 aromatic carbocycles. The van der Waals surface area contributed by atoms with Crippen LogP contribution >= 0.6 is 11.6 Å². The van der Waals surface area contributed by atoms with E-state index < -0.39 is 15.8 Å². The third kappa shape index (κ3) is 5.27. The molecule has 6 aromatic rings. The van der Waals surface area contributed by atoms with Gasteiger partial charge in [-0.3, -0.25) is 9.71 Å². The Hall–Kier alpha value is -4.67. The number of rotatable bonds is 7. The maximum atomic E-state index is 13.3. The highest BCUT2D eigenvalue weighted by Crippen LogP contribution is 2.33. The first-order valence-corrected chi connectivity index (χ1v) is 14.0. The van der Waals surface area contributed by atoms with Crippen molar-refractivity contribution in [2.45, 2.75) is 11.4 Å². The largest absolute Gasteiger partial charge is 0.276 e. The van der Waals surface area contributed by atoms with E-state index in [2.05, 4.69) is 49.0 Å². The van der Waals surface area contributed by atoms with Crippen molar-refractivity contribution in [3.05, 3.63) is 120 Å². The van der Waals surface area contributed by atoms with Crippen LogP contribution in [0.5, 0.6) is 0 Å². The molecule has 3 aromatic heterocycles. The lowest BCUT2D eigenvalue weighted by molar-refractivity contribution is 0.599. The van der Waals surface area contributed by atoms with Crippen molar-refractivity contribution in [1.29, 1.82) is 0 Å². The van der Waals surface area contributed by atoms with Gasteiger partial charge in [0.05, 0.1) is 22.6 Å². The zero-order chi connectivity index (χ0) is 27.7. The summed E-state index contributed by atoms with van der Waals surface area (Å²) in [4.78, 5) is 12.6. The van der Waals surface area contributed by atoms with E-state index in [1.165, 1.54) is 18.5 Å². The smallest absolute Gasteiger partial charge is 0.261 e. The Labute approximate surface area is 234 Å². The van der Waals surface area contributed by atoms with E-state index in [-0.39, 0.29) is 15.7 Å². The van der Waals surface area contributed by atoms with Crippen LogP contribution in [-0.4, -0.2) is 33.2 Å². The second-order valence-electron chi connectivity index (χ2n) is 9.00. The summed E-state index contributed by atoms with van der Waals surface area (Å²) in [7, 11) is -4.01. The highest BCUT2D eigenvalue weighted by atomic mass is 35.5. The van der Waals surface area contributed by atoms with Crippen LogP contribution in [0.4, 0.5) is 10.1 Å². The molecule has 0 aliphatic heterocycles. The number of halogens is 2. The van der Waals surface area contributed by atoms with Crippen molar-refractivity contribution in [1.82, 2.24) is 24.7 Å². The molecule has 0 fully saturated rings. The molecule has 0 atom stereocenters. The summed E-state index contributed by atoms with van der Waals surface area (Å²) in [5.74, 6) is -0.534. The molecule has 3 heterocycles. The van der Waals surface area contributed by atoms with Crippen LogP contribution in [0.2, 0.25) is 5.15 Å². The average Bonchev–Trinajstić information content (AvgIpc) is 3.47. The Morgan fingerprint density at radius 2 is 1.65 bits per heavy atom. The van der Waals surface area contributed by atoms with Crippen LogP contribution in [0, 0.1) is 5.82 Å². The molecule has 6 rings (SSSR count). The third-order valence-corrected chi connectivity index (χ3v) is 8.04. The van der Waals surface area contributed by atoms with E-state index >= 15 is 0 Å². The van der Waals surface area contributed by atoms with Crippen LogP contribution in [0.25, 0.3) is 33.2 Å². The number of hydrogen-bond donors (Lipinski definition) is 1. The highest BCUT2D eigenvalue weighted by Gasteiger charge is 2.17. The summed E-state index contributed by atoms with van der Waals surface area (Å²) in [5.41, 5.74) is 5.49. The number of hydrogen-bond acceptors (Lipinski definition) is 6. The molecule has 0 spiro atoms. The molecule has 0 bridgehead atoms. The molecular formula is C29H20ClFN6O2S. The molecule has 198 valence electrons. The van der Waals surface area contributed by atoms with Gasteiger partial charge in [0, 0.05) is 23.3 Å². The molecule has 0 aliphatic rings. The van der Waals surface area contributed by atoms with E-state index in [0.717, 1.165) is 45.3 Å². The monoisotopic (exact) mass is 570 g/mol. The third-order valence-electron chi connectivity index (χ3n) is 6.36. The lowest BCUT2D eigenvalue weighted by Gasteiger charge is -2.12. The lowest BCUT2D eigenvalue weighted by atomic mass is 9.97. The minimum atomic E-state index is -4.01. The standard InChI is InChI=1S/C29H20ClFN6O2S/c30-29-28(36-40(38,39)24-8-6-23(31)7-9-24)14-22(15-34-29)21-5-10-27-26(13-21)25(11-12-33-27)20-3-1-19(2-4-20)16-37-18-32-17-35-37/h1-15,17-18,36H,16H2. The van der Waals surface area contributed by atoms with Gasteiger partial charge in [-0.05, 0) is 70.8 Å². The molecular weight excluding hydrogens is 551 g/mol. The van der Waals surface area contributed by atoms with Gasteiger partial charge in [0.2, 0.25) is 0 Å². The molecule has 8 nitrogen and oxygen atoms in total. The van der Waals surface area contributed by atoms with Gasteiger partial charge in [-0.2, -0.15) is 5.10 Å². The van der Waals surface area contributed by atoms with E-state index in [0.29, 0.717) is 12.1 Å². The number of nitrogens with one attached hydrogen (secondary N) is 1. The first-order chi connectivity index (χ1) is 19.4. The Kier molecular flexibility index (Phi) is 6.71. The Morgan fingerprint density at radius 1 is 0.875 bits per heavy atom. The van der Waals surface area contributed by atoms with E-state index in [1.54, 1.807) is 29.5 Å². The summed E-state index contributed by atoms with van der Waals surface area (Å²) < 4.78 is 43.2.